The molecule has 1 saturated heterocycles. The summed E-state index contributed by atoms with van der Waals surface area (Å²) in [6.45, 7) is 2.03. The standard InChI is InChI=1S/C11H12F3NS/c1-7-6-16-10(15-7)8-3-2-4-9(5-8)11(12,13)14/h2-5,7,10,15H,6H2,1H3. The monoisotopic (exact) mass is 247 g/mol. The van der Waals surface area contributed by atoms with E-state index in [-0.39, 0.29) is 5.37 Å². The molecule has 1 aromatic rings. The molecule has 1 aliphatic rings. The Morgan fingerprint density at radius 1 is 1.38 bits per heavy atom. The molecule has 2 rings (SSSR count). The number of hydrogen-bond acceptors (Lipinski definition) is 2. The van der Waals surface area contributed by atoms with Gasteiger partial charge in [-0.3, -0.25) is 5.32 Å². The van der Waals surface area contributed by atoms with Gasteiger partial charge < -0.3 is 0 Å². The number of thioether (sulfide) groups is 1. The largest absolute Gasteiger partial charge is 0.416 e. The van der Waals surface area contributed by atoms with E-state index in [9.17, 15) is 13.2 Å². The van der Waals surface area contributed by atoms with E-state index < -0.39 is 11.7 Å². The van der Waals surface area contributed by atoms with Crippen LogP contribution in [0.25, 0.3) is 0 Å². The Morgan fingerprint density at radius 3 is 2.69 bits per heavy atom. The first-order chi connectivity index (χ1) is 7.47. The SMILES string of the molecule is CC1CSC(c2cccc(C(F)(F)F)c2)N1. The lowest BCUT2D eigenvalue weighted by atomic mass is 10.1. The van der Waals surface area contributed by atoms with Gasteiger partial charge >= 0.3 is 6.18 Å². The van der Waals surface area contributed by atoms with E-state index in [2.05, 4.69) is 5.32 Å². The van der Waals surface area contributed by atoms with Crippen LogP contribution in [-0.4, -0.2) is 11.8 Å². The Balaban J connectivity index is 2.23. The topological polar surface area (TPSA) is 12.0 Å². The van der Waals surface area contributed by atoms with Gasteiger partial charge in [-0.1, -0.05) is 12.1 Å². The highest BCUT2D eigenvalue weighted by molar-refractivity contribution is 7.99. The molecule has 1 nitrogen and oxygen atoms in total. The van der Waals surface area contributed by atoms with Gasteiger partial charge in [0, 0.05) is 11.8 Å². The minimum absolute atomic E-state index is 0.0164. The number of halogens is 3. The van der Waals surface area contributed by atoms with Crippen molar-refractivity contribution in [1.82, 2.24) is 5.32 Å². The molecule has 0 aromatic heterocycles. The predicted molar refractivity (Wildman–Crippen MR) is 59.2 cm³/mol. The lowest BCUT2D eigenvalue weighted by Crippen LogP contribution is -2.22. The molecular formula is C11H12F3NS. The van der Waals surface area contributed by atoms with Gasteiger partial charge in [-0.15, -0.1) is 11.8 Å². The zero-order valence-electron chi connectivity index (χ0n) is 8.71. The van der Waals surface area contributed by atoms with Gasteiger partial charge in [0.2, 0.25) is 0 Å². The number of rotatable bonds is 1. The smallest absolute Gasteiger partial charge is 0.298 e. The molecule has 1 aliphatic heterocycles. The van der Waals surface area contributed by atoms with E-state index in [0.717, 1.165) is 11.8 Å². The number of nitrogens with one attached hydrogen (secondary N) is 1. The highest BCUT2D eigenvalue weighted by Gasteiger charge is 2.31. The fraction of sp³-hybridized carbons (Fsp3) is 0.455. The first-order valence-electron chi connectivity index (χ1n) is 5.01. The van der Waals surface area contributed by atoms with Gasteiger partial charge in [-0.25, -0.2) is 0 Å². The summed E-state index contributed by atoms with van der Waals surface area (Å²) in [6.07, 6.45) is -4.26. The lowest BCUT2D eigenvalue weighted by molar-refractivity contribution is -0.137. The number of hydrogen-bond donors (Lipinski definition) is 1. The molecule has 0 saturated carbocycles. The minimum atomic E-state index is -4.26. The van der Waals surface area contributed by atoms with Crippen LogP contribution >= 0.6 is 11.8 Å². The first-order valence-corrected chi connectivity index (χ1v) is 6.06. The van der Waals surface area contributed by atoms with Crippen molar-refractivity contribution in [3.05, 3.63) is 35.4 Å². The van der Waals surface area contributed by atoms with Crippen molar-refractivity contribution in [2.75, 3.05) is 5.75 Å². The average molecular weight is 247 g/mol. The van der Waals surface area contributed by atoms with Gasteiger partial charge in [0.15, 0.2) is 0 Å². The molecule has 0 spiro atoms. The van der Waals surface area contributed by atoms with Crippen molar-refractivity contribution in [2.45, 2.75) is 24.5 Å². The lowest BCUT2D eigenvalue weighted by Gasteiger charge is -2.13. The van der Waals surface area contributed by atoms with Crippen LogP contribution in [0.3, 0.4) is 0 Å². The Labute approximate surface area is 96.4 Å². The zero-order chi connectivity index (χ0) is 11.8. The first kappa shape index (κ1) is 11.8. The van der Waals surface area contributed by atoms with Crippen LogP contribution in [0.4, 0.5) is 13.2 Å². The number of benzene rings is 1. The van der Waals surface area contributed by atoms with Crippen LogP contribution in [0.15, 0.2) is 24.3 Å². The molecule has 0 amide bonds. The van der Waals surface area contributed by atoms with E-state index in [0.29, 0.717) is 11.6 Å². The molecule has 1 N–H and O–H groups in total. The summed E-state index contributed by atoms with van der Waals surface area (Å²) in [6, 6.07) is 5.88. The van der Waals surface area contributed by atoms with E-state index in [4.69, 9.17) is 0 Å². The third-order valence-corrected chi connectivity index (χ3v) is 3.90. The molecule has 0 aliphatic carbocycles. The fourth-order valence-electron chi connectivity index (χ4n) is 1.67. The predicted octanol–water partition coefficient (Wildman–Crippen LogP) is 3.43. The quantitative estimate of drug-likeness (QED) is 0.816. The van der Waals surface area contributed by atoms with Crippen LogP contribution in [0, 0.1) is 0 Å². The molecule has 0 radical (unpaired) electrons. The summed E-state index contributed by atoms with van der Waals surface area (Å²) in [5.41, 5.74) is 0.121. The van der Waals surface area contributed by atoms with Crippen LogP contribution in [0.2, 0.25) is 0 Å². The van der Waals surface area contributed by atoms with Crippen molar-refractivity contribution in [3.63, 3.8) is 0 Å². The van der Waals surface area contributed by atoms with Gasteiger partial charge in [-0.2, -0.15) is 13.2 Å². The summed E-state index contributed by atoms with van der Waals surface area (Å²) in [5.74, 6) is 0.931. The highest BCUT2D eigenvalue weighted by Crippen LogP contribution is 2.36. The summed E-state index contributed by atoms with van der Waals surface area (Å²) in [5, 5.41) is 3.23. The van der Waals surface area contributed by atoms with Crippen molar-refractivity contribution < 1.29 is 13.2 Å². The van der Waals surface area contributed by atoms with Gasteiger partial charge in [-0.05, 0) is 24.6 Å². The fourth-order valence-corrected chi connectivity index (χ4v) is 2.91. The Morgan fingerprint density at radius 2 is 2.12 bits per heavy atom. The molecular weight excluding hydrogens is 235 g/mol. The van der Waals surface area contributed by atoms with E-state index >= 15 is 0 Å². The van der Waals surface area contributed by atoms with Crippen LogP contribution in [-0.2, 0) is 6.18 Å². The molecule has 5 heteroatoms. The summed E-state index contributed by atoms with van der Waals surface area (Å²) in [7, 11) is 0. The molecule has 88 valence electrons. The molecule has 2 unspecified atom stereocenters. The van der Waals surface area contributed by atoms with Crippen LogP contribution < -0.4 is 5.32 Å². The van der Waals surface area contributed by atoms with Gasteiger partial charge in [0.05, 0.1) is 10.9 Å². The third kappa shape index (κ3) is 2.52. The highest BCUT2D eigenvalue weighted by atomic mass is 32.2. The maximum absolute atomic E-state index is 12.5. The summed E-state index contributed by atoms with van der Waals surface area (Å²) in [4.78, 5) is 0. The summed E-state index contributed by atoms with van der Waals surface area (Å²) < 4.78 is 37.5. The number of alkyl halides is 3. The molecule has 1 heterocycles. The second kappa shape index (κ2) is 4.30. The Bertz CT molecular complexity index is 378. The van der Waals surface area contributed by atoms with Gasteiger partial charge in [0.25, 0.3) is 0 Å². The van der Waals surface area contributed by atoms with E-state index in [1.807, 2.05) is 6.92 Å². The molecule has 2 atom stereocenters. The third-order valence-electron chi connectivity index (χ3n) is 2.47. The Kier molecular flexibility index (Phi) is 3.17. The van der Waals surface area contributed by atoms with Crippen molar-refractivity contribution in [2.24, 2.45) is 0 Å². The second-order valence-electron chi connectivity index (χ2n) is 3.90. The van der Waals surface area contributed by atoms with Gasteiger partial charge in [0.1, 0.15) is 0 Å². The van der Waals surface area contributed by atoms with Crippen molar-refractivity contribution in [3.8, 4) is 0 Å². The van der Waals surface area contributed by atoms with E-state index in [1.54, 1.807) is 17.8 Å². The zero-order valence-corrected chi connectivity index (χ0v) is 9.53. The Hall–Kier alpha value is -0.680. The van der Waals surface area contributed by atoms with Crippen LogP contribution in [0.1, 0.15) is 23.4 Å². The minimum Gasteiger partial charge on any atom is -0.298 e. The van der Waals surface area contributed by atoms with Crippen molar-refractivity contribution in [1.29, 1.82) is 0 Å². The molecule has 16 heavy (non-hydrogen) atoms. The summed E-state index contributed by atoms with van der Waals surface area (Å²) >= 11 is 1.64. The maximum atomic E-state index is 12.5. The van der Waals surface area contributed by atoms with Crippen molar-refractivity contribution >= 4 is 11.8 Å². The molecule has 0 bridgehead atoms. The molecule has 1 fully saturated rings. The van der Waals surface area contributed by atoms with Crippen LogP contribution in [0.5, 0.6) is 0 Å². The average Bonchev–Trinajstić information content (AvgIpc) is 2.64. The maximum Gasteiger partial charge on any atom is 0.416 e. The second-order valence-corrected chi connectivity index (χ2v) is 5.04. The molecule has 1 aromatic carbocycles. The normalized spacial score (nSPS) is 26.0. The van der Waals surface area contributed by atoms with E-state index in [1.165, 1.54) is 12.1 Å².